The number of aryl methyl sites for hydroxylation is 1. The molecule has 0 saturated heterocycles. The van der Waals surface area contributed by atoms with Gasteiger partial charge < -0.3 is 10.2 Å². The van der Waals surface area contributed by atoms with E-state index in [2.05, 4.69) is 44.0 Å². The fourth-order valence-corrected chi connectivity index (χ4v) is 5.80. The van der Waals surface area contributed by atoms with Gasteiger partial charge in [0.25, 0.3) is 10.0 Å². The Kier molecular flexibility index (Phi) is 7.22. The van der Waals surface area contributed by atoms with Crippen LogP contribution < -0.4 is 10.0 Å². The Bertz CT molecular complexity index is 1560. The van der Waals surface area contributed by atoms with Gasteiger partial charge >= 0.3 is 0 Å². The molecule has 38 heavy (non-hydrogen) atoms. The van der Waals surface area contributed by atoms with Crippen molar-refractivity contribution < 1.29 is 12.8 Å². The minimum atomic E-state index is -4.01. The standard InChI is InChI=1S/C27H30FN7O2S/c1-17-14-23(18-7-12-22(21(28)15-18)34-38(36,37)25-6-4-5-13-29-25)32-24-16-30-27(33-26(17)24)31-19-8-10-20(11-9-19)35(2)3/h4-7,12-16,19-20,34H,8-11H2,1-3H3,(H,30,31,33). The van der Waals surface area contributed by atoms with Crippen LogP contribution in [0.15, 0.2) is 59.9 Å². The number of hydrogen-bond acceptors (Lipinski definition) is 8. The van der Waals surface area contributed by atoms with Crippen LogP contribution in [0.5, 0.6) is 0 Å². The molecule has 9 nitrogen and oxygen atoms in total. The maximum atomic E-state index is 14.9. The SMILES string of the molecule is Cc1cc(-c2ccc(NS(=O)(=O)c3ccccn3)c(F)c2)nc2cnc(NC3CCC(N(C)C)CC3)nc12. The van der Waals surface area contributed by atoms with Gasteiger partial charge in [-0.25, -0.2) is 24.3 Å². The van der Waals surface area contributed by atoms with E-state index in [1.165, 1.54) is 24.4 Å². The van der Waals surface area contributed by atoms with Gasteiger partial charge in [-0.15, -0.1) is 0 Å². The molecule has 0 amide bonds. The van der Waals surface area contributed by atoms with Crippen LogP contribution in [-0.4, -0.2) is 59.4 Å². The third-order valence-electron chi connectivity index (χ3n) is 6.92. The molecule has 198 valence electrons. The zero-order valence-electron chi connectivity index (χ0n) is 21.5. The van der Waals surface area contributed by atoms with Crippen molar-refractivity contribution in [2.45, 2.75) is 49.7 Å². The number of pyridine rings is 2. The number of anilines is 2. The van der Waals surface area contributed by atoms with Crippen LogP contribution in [0.4, 0.5) is 16.0 Å². The molecule has 4 aromatic rings. The summed E-state index contributed by atoms with van der Waals surface area (Å²) >= 11 is 0. The lowest BCUT2D eigenvalue weighted by Gasteiger charge is -2.32. The molecule has 0 radical (unpaired) electrons. The van der Waals surface area contributed by atoms with Crippen LogP contribution in [0, 0.1) is 12.7 Å². The van der Waals surface area contributed by atoms with E-state index in [1.807, 2.05) is 13.0 Å². The van der Waals surface area contributed by atoms with E-state index >= 15 is 0 Å². The second kappa shape index (κ2) is 10.6. The second-order valence-corrected chi connectivity index (χ2v) is 11.5. The van der Waals surface area contributed by atoms with Gasteiger partial charge in [0.05, 0.1) is 23.1 Å². The van der Waals surface area contributed by atoms with Crippen LogP contribution >= 0.6 is 0 Å². The quantitative estimate of drug-likeness (QED) is 0.353. The van der Waals surface area contributed by atoms with Gasteiger partial charge in [0, 0.05) is 23.8 Å². The van der Waals surface area contributed by atoms with Gasteiger partial charge in [-0.3, -0.25) is 4.72 Å². The minimum Gasteiger partial charge on any atom is -0.351 e. The van der Waals surface area contributed by atoms with E-state index in [1.54, 1.807) is 24.4 Å². The lowest BCUT2D eigenvalue weighted by Crippen LogP contribution is -2.36. The number of hydrogen-bond donors (Lipinski definition) is 2. The number of sulfonamides is 1. The van der Waals surface area contributed by atoms with E-state index in [0.29, 0.717) is 34.8 Å². The molecule has 3 aromatic heterocycles. The van der Waals surface area contributed by atoms with Gasteiger partial charge in [0.1, 0.15) is 11.3 Å². The van der Waals surface area contributed by atoms with Crippen LogP contribution in [-0.2, 0) is 10.0 Å². The molecular formula is C27H30FN7O2S. The van der Waals surface area contributed by atoms with E-state index < -0.39 is 15.8 Å². The average Bonchev–Trinajstić information content (AvgIpc) is 2.91. The number of aromatic nitrogens is 4. The highest BCUT2D eigenvalue weighted by molar-refractivity contribution is 7.92. The molecule has 1 fully saturated rings. The average molecular weight is 536 g/mol. The first-order chi connectivity index (χ1) is 18.2. The Hall–Kier alpha value is -3.70. The molecule has 0 atom stereocenters. The van der Waals surface area contributed by atoms with Crippen molar-refractivity contribution in [3.05, 3.63) is 66.2 Å². The van der Waals surface area contributed by atoms with E-state index in [9.17, 15) is 12.8 Å². The molecule has 0 spiro atoms. The lowest BCUT2D eigenvalue weighted by molar-refractivity contribution is 0.221. The Morgan fingerprint density at radius 2 is 1.79 bits per heavy atom. The first-order valence-electron chi connectivity index (χ1n) is 12.5. The summed E-state index contributed by atoms with van der Waals surface area (Å²) in [6.07, 6.45) is 7.46. The Morgan fingerprint density at radius 3 is 2.47 bits per heavy atom. The monoisotopic (exact) mass is 535 g/mol. The maximum absolute atomic E-state index is 14.9. The molecule has 3 heterocycles. The number of rotatable bonds is 7. The molecular weight excluding hydrogens is 505 g/mol. The van der Waals surface area contributed by atoms with Gasteiger partial charge in [-0.1, -0.05) is 12.1 Å². The van der Waals surface area contributed by atoms with Crippen LogP contribution in [0.25, 0.3) is 22.3 Å². The van der Waals surface area contributed by atoms with Crippen molar-refractivity contribution in [1.82, 2.24) is 24.8 Å². The first-order valence-corrected chi connectivity index (χ1v) is 14.0. The Morgan fingerprint density at radius 1 is 1.00 bits per heavy atom. The predicted octanol–water partition coefficient (Wildman–Crippen LogP) is 4.62. The van der Waals surface area contributed by atoms with Crippen LogP contribution in [0.1, 0.15) is 31.2 Å². The molecule has 1 aliphatic carbocycles. The van der Waals surface area contributed by atoms with Crippen molar-refractivity contribution in [2.24, 2.45) is 0 Å². The molecule has 0 aliphatic heterocycles. The van der Waals surface area contributed by atoms with Crippen LogP contribution in [0.3, 0.4) is 0 Å². The summed E-state index contributed by atoms with van der Waals surface area (Å²) in [5.74, 6) is -0.139. The van der Waals surface area contributed by atoms with Gasteiger partial charge in [0.2, 0.25) is 5.95 Å². The zero-order valence-corrected chi connectivity index (χ0v) is 22.3. The predicted molar refractivity (Wildman–Crippen MR) is 146 cm³/mol. The summed E-state index contributed by atoms with van der Waals surface area (Å²) in [6.45, 7) is 1.93. The fraction of sp³-hybridized carbons (Fsp3) is 0.333. The highest BCUT2D eigenvalue weighted by Crippen LogP contribution is 2.28. The Labute approximate surface area is 221 Å². The maximum Gasteiger partial charge on any atom is 0.279 e. The summed E-state index contributed by atoms with van der Waals surface area (Å²) in [5, 5.41) is 3.28. The molecule has 0 unspecified atom stereocenters. The fourth-order valence-electron chi connectivity index (χ4n) is 4.78. The van der Waals surface area contributed by atoms with Crippen molar-refractivity contribution in [3.8, 4) is 11.3 Å². The summed E-state index contributed by atoms with van der Waals surface area (Å²) in [6, 6.07) is 11.5. The molecule has 1 aliphatic rings. The lowest BCUT2D eigenvalue weighted by atomic mass is 9.91. The number of halogens is 1. The number of nitrogens with one attached hydrogen (secondary N) is 2. The number of benzene rings is 1. The van der Waals surface area contributed by atoms with Crippen molar-refractivity contribution in [3.63, 3.8) is 0 Å². The van der Waals surface area contributed by atoms with Crippen molar-refractivity contribution in [1.29, 1.82) is 0 Å². The summed E-state index contributed by atoms with van der Waals surface area (Å²) in [5.41, 5.74) is 3.09. The highest BCUT2D eigenvalue weighted by Gasteiger charge is 2.23. The van der Waals surface area contributed by atoms with Gasteiger partial charge in [-0.05, 0) is 82.6 Å². The third-order valence-corrected chi connectivity index (χ3v) is 8.20. The molecule has 0 bridgehead atoms. The molecule has 5 rings (SSSR count). The first kappa shape index (κ1) is 25.9. The summed E-state index contributed by atoms with van der Waals surface area (Å²) in [4.78, 5) is 19.9. The van der Waals surface area contributed by atoms with Gasteiger partial charge in [0.15, 0.2) is 5.03 Å². The van der Waals surface area contributed by atoms with E-state index in [-0.39, 0.29) is 10.7 Å². The molecule has 1 aromatic carbocycles. The normalized spacial score (nSPS) is 18.0. The summed E-state index contributed by atoms with van der Waals surface area (Å²) in [7, 11) is 0.244. The minimum absolute atomic E-state index is 0.171. The smallest absolute Gasteiger partial charge is 0.279 e. The van der Waals surface area contributed by atoms with Crippen molar-refractivity contribution in [2.75, 3.05) is 24.1 Å². The highest BCUT2D eigenvalue weighted by atomic mass is 32.2. The zero-order chi connectivity index (χ0) is 26.9. The Balaban J connectivity index is 1.34. The molecule has 2 N–H and O–H groups in total. The van der Waals surface area contributed by atoms with E-state index in [4.69, 9.17) is 4.98 Å². The van der Waals surface area contributed by atoms with Gasteiger partial charge in [-0.2, -0.15) is 8.42 Å². The topological polar surface area (TPSA) is 113 Å². The van der Waals surface area contributed by atoms with Crippen LogP contribution in [0.2, 0.25) is 0 Å². The molecule has 11 heteroatoms. The van der Waals surface area contributed by atoms with E-state index in [0.717, 1.165) is 36.8 Å². The van der Waals surface area contributed by atoms with Crippen molar-refractivity contribution >= 4 is 32.7 Å². The second-order valence-electron chi connectivity index (χ2n) is 9.83. The third kappa shape index (κ3) is 5.58. The number of nitrogens with zero attached hydrogens (tertiary/aromatic N) is 5. The number of fused-ring (bicyclic) bond motifs is 1. The largest absolute Gasteiger partial charge is 0.351 e. The molecule has 1 saturated carbocycles. The summed E-state index contributed by atoms with van der Waals surface area (Å²) < 4.78 is 42.2.